The first-order valence-corrected chi connectivity index (χ1v) is 5.87. The van der Waals surface area contributed by atoms with Gasteiger partial charge in [-0.2, -0.15) is 0 Å². The van der Waals surface area contributed by atoms with Crippen LogP contribution in [0.5, 0.6) is 0 Å². The average Bonchev–Trinajstić information content (AvgIpc) is 2.14. The first-order valence-electron chi connectivity index (χ1n) is 5.87. The number of hydrogen-bond donors (Lipinski definition) is 1. The highest BCUT2D eigenvalue weighted by atomic mass is 16.5. The summed E-state index contributed by atoms with van der Waals surface area (Å²) in [5, 5.41) is 9.59. The van der Waals surface area contributed by atoms with Gasteiger partial charge in [0.1, 0.15) is 6.61 Å². The van der Waals surface area contributed by atoms with E-state index in [0.717, 1.165) is 5.57 Å². The molecule has 0 saturated heterocycles. The monoisotopic (exact) mass is 240 g/mol. The maximum Gasteiger partial charge on any atom is 0.308 e. The van der Waals surface area contributed by atoms with Crippen LogP contribution >= 0.6 is 0 Å². The summed E-state index contributed by atoms with van der Waals surface area (Å²) in [5.41, 5.74) is 0.0394. The quantitative estimate of drug-likeness (QED) is 0.573. The summed E-state index contributed by atoms with van der Waals surface area (Å²) in [5.74, 6) is -0.393. The molecular weight excluding hydrogens is 216 g/mol. The van der Waals surface area contributed by atoms with Crippen LogP contribution in [0, 0.1) is 11.8 Å². The molecular formula is C14H24O3. The standard InChI is InChI=1S/C14H24O3/c1-10(2)12(7-8-14(5,6)16)9-17-13(15)11(3)4/h7-8,11-12,16H,1,9H2,2-6H3/b8-7+. The van der Waals surface area contributed by atoms with Gasteiger partial charge in [0.05, 0.1) is 11.5 Å². The van der Waals surface area contributed by atoms with E-state index < -0.39 is 5.60 Å². The Kier molecular flexibility index (Phi) is 6.18. The molecule has 0 heterocycles. The molecule has 0 amide bonds. The van der Waals surface area contributed by atoms with Crippen molar-refractivity contribution in [3.05, 3.63) is 24.3 Å². The Morgan fingerprint density at radius 3 is 2.35 bits per heavy atom. The molecule has 0 saturated carbocycles. The molecule has 1 unspecified atom stereocenters. The highest BCUT2D eigenvalue weighted by Crippen LogP contribution is 2.14. The lowest BCUT2D eigenvalue weighted by molar-refractivity contribution is -0.147. The first-order chi connectivity index (χ1) is 7.63. The Bertz CT molecular complexity index is 295. The Labute approximate surface area is 104 Å². The highest BCUT2D eigenvalue weighted by molar-refractivity contribution is 5.71. The predicted molar refractivity (Wildman–Crippen MR) is 69.5 cm³/mol. The van der Waals surface area contributed by atoms with Crippen molar-refractivity contribution in [2.45, 2.75) is 40.2 Å². The molecule has 0 rings (SSSR count). The van der Waals surface area contributed by atoms with Gasteiger partial charge in [-0.3, -0.25) is 4.79 Å². The normalized spacial score (nSPS) is 14.1. The van der Waals surface area contributed by atoms with E-state index in [1.165, 1.54) is 0 Å². The van der Waals surface area contributed by atoms with Gasteiger partial charge >= 0.3 is 5.97 Å². The van der Waals surface area contributed by atoms with E-state index in [9.17, 15) is 9.90 Å². The third-order valence-electron chi connectivity index (χ3n) is 2.25. The van der Waals surface area contributed by atoms with E-state index >= 15 is 0 Å². The summed E-state index contributed by atoms with van der Waals surface area (Å²) in [6, 6.07) is 0. The summed E-state index contributed by atoms with van der Waals surface area (Å²) < 4.78 is 5.16. The van der Waals surface area contributed by atoms with E-state index in [2.05, 4.69) is 6.58 Å². The number of esters is 1. The second-order valence-corrected chi connectivity index (χ2v) is 5.25. The Morgan fingerprint density at radius 1 is 1.47 bits per heavy atom. The minimum atomic E-state index is -0.865. The summed E-state index contributed by atoms with van der Waals surface area (Å²) in [4.78, 5) is 11.3. The molecule has 3 nitrogen and oxygen atoms in total. The smallest absolute Gasteiger partial charge is 0.308 e. The topological polar surface area (TPSA) is 46.5 Å². The van der Waals surface area contributed by atoms with Gasteiger partial charge in [-0.15, -0.1) is 0 Å². The van der Waals surface area contributed by atoms with Crippen LogP contribution in [0.15, 0.2) is 24.3 Å². The molecule has 0 aliphatic carbocycles. The van der Waals surface area contributed by atoms with Crippen LogP contribution in [0.25, 0.3) is 0 Å². The van der Waals surface area contributed by atoms with Crippen LogP contribution in [-0.2, 0) is 9.53 Å². The van der Waals surface area contributed by atoms with Crippen molar-refractivity contribution in [3.8, 4) is 0 Å². The minimum absolute atomic E-state index is 0.0517. The minimum Gasteiger partial charge on any atom is -0.465 e. The van der Waals surface area contributed by atoms with Gasteiger partial charge in [0, 0.05) is 5.92 Å². The fourth-order valence-electron chi connectivity index (χ4n) is 1.05. The second kappa shape index (κ2) is 6.60. The van der Waals surface area contributed by atoms with E-state index in [1.54, 1.807) is 33.8 Å². The predicted octanol–water partition coefficient (Wildman–Crippen LogP) is 2.71. The second-order valence-electron chi connectivity index (χ2n) is 5.25. The molecule has 98 valence electrons. The van der Waals surface area contributed by atoms with Gasteiger partial charge in [-0.05, 0) is 20.8 Å². The number of hydrogen-bond acceptors (Lipinski definition) is 3. The van der Waals surface area contributed by atoms with Crippen LogP contribution in [0.1, 0.15) is 34.6 Å². The fourth-order valence-corrected chi connectivity index (χ4v) is 1.05. The summed E-state index contributed by atoms with van der Waals surface area (Å²) >= 11 is 0. The van der Waals surface area contributed by atoms with E-state index in [4.69, 9.17) is 4.74 Å². The lowest BCUT2D eigenvalue weighted by Crippen LogP contribution is -2.19. The maximum absolute atomic E-state index is 11.3. The van der Waals surface area contributed by atoms with Gasteiger partial charge in [0.25, 0.3) is 0 Å². The molecule has 1 N–H and O–H groups in total. The zero-order chi connectivity index (χ0) is 13.6. The van der Waals surface area contributed by atoms with Crippen molar-refractivity contribution >= 4 is 5.97 Å². The summed E-state index contributed by atoms with van der Waals surface area (Å²) in [6.45, 7) is 13.0. The Morgan fingerprint density at radius 2 is 2.00 bits per heavy atom. The van der Waals surface area contributed by atoms with E-state index in [-0.39, 0.29) is 24.4 Å². The molecule has 1 atom stereocenters. The Balaban J connectivity index is 4.42. The van der Waals surface area contributed by atoms with Crippen molar-refractivity contribution < 1.29 is 14.6 Å². The molecule has 17 heavy (non-hydrogen) atoms. The highest BCUT2D eigenvalue weighted by Gasteiger charge is 2.14. The van der Waals surface area contributed by atoms with Crippen molar-refractivity contribution in [1.82, 2.24) is 0 Å². The Hall–Kier alpha value is -1.09. The lowest BCUT2D eigenvalue weighted by Gasteiger charge is -2.17. The average molecular weight is 240 g/mol. The van der Waals surface area contributed by atoms with Crippen LogP contribution < -0.4 is 0 Å². The summed E-state index contributed by atoms with van der Waals surface area (Å²) in [6.07, 6.45) is 3.52. The van der Waals surface area contributed by atoms with Crippen LogP contribution in [0.2, 0.25) is 0 Å². The molecule has 0 aromatic carbocycles. The summed E-state index contributed by atoms with van der Waals surface area (Å²) in [7, 11) is 0. The molecule has 3 heteroatoms. The van der Waals surface area contributed by atoms with Crippen molar-refractivity contribution in [2.24, 2.45) is 11.8 Å². The zero-order valence-corrected chi connectivity index (χ0v) is 11.5. The molecule has 0 aromatic rings. The third-order valence-corrected chi connectivity index (χ3v) is 2.25. The van der Waals surface area contributed by atoms with Gasteiger partial charge in [0.2, 0.25) is 0 Å². The van der Waals surface area contributed by atoms with Crippen LogP contribution in [-0.4, -0.2) is 23.3 Å². The van der Waals surface area contributed by atoms with Crippen LogP contribution in [0.4, 0.5) is 0 Å². The molecule has 0 radical (unpaired) electrons. The number of ether oxygens (including phenoxy) is 1. The molecule has 0 fully saturated rings. The fraction of sp³-hybridized carbons (Fsp3) is 0.643. The number of carbonyl (C=O) groups is 1. The third kappa shape index (κ3) is 7.75. The van der Waals surface area contributed by atoms with Gasteiger partial charge in [-0.1, -0.05) is 38.2 Å². The molecule has 0 spiro atoms. The van der Waals surface area contributed by atoms with Gasteiger partial charge in [0.15, 0.2) is 0 Å². The zero-order valence-electron chi connectivity index (χ0n) is 11.5. The number of carbonyl (C=O) groups excluding carboxylic acids is 1. The number of aliphatic hydroxyl groups is 1. The first kappa shape index (κ1) is 15.9. The molecule has 0 aliphatic heterocycles. The van der Waals surface area contributed by atoms with E-state index in [0.29, 0.717) is 0 Å². The maximum atomic E-state index is 11.3. The van der Waals surface area contributed by atoms with Crippen molar-refractivity contribution in [3.63, 3.8) is 0 Å². The van der Waals surface area contributed by atoms with Crippen molar-refractivity contribution in [2.75, 3.05) is 6.61 Å². The molecule has 0 aromatic heterocycles. The molecule has 0 bridgehead atoms. The van der Waals surface area contributed by atoms with Gasteiger partial charge in [-0.25, -0.2) is 0 Å². The number of rotatable bonds is 6. The SMILES string of the molecule is C=C(C)C(/C=C/C(C)(C)O)COC(=O)C(C)C. The van der Waals surface area contributed by atoms with Crippen molar-refractivity contribution in [1.29, 1.82) is 0 Å². The molecule has 0 aliphatic rings. The van der Waals surface area contributed by atoms with Crippen LogP contribution in [0.3, 0.4) is 0 Å². The largest absolute Gasteiger partial charge is 0.465 e. The van der Waals surface area contributed by atoms with Gasteiger partial charge < -0.3 is 9.84 Å². The lowest BCUT2D eigenvalue weighted by atomic mass is 9.99. The van der Waals surface area contributed by atoms with E-state index in [1.807, 2.05) is 13.0 Å².